The van der Waals surface area contributed by atoms with E-state index in [1.807, 2.05) is 0 Å². The second-order valence-corrected chi connectivity index (χ2v) is 5.94. The van der Waals surface area contributed by atoms with E-state index in [-0.39, 0.29) is 0 Å². The van der Waals surface area contributed by atoms with E-state index < -0.39 is 0 Å². The number of halogens is 1. The first-order valence-electron chi connectivity index (χ1n) is 4.49. The average molecular weight is 266 g/mol. The van der Waals surface area contributed by atoms with Gasteiger partial charge in [-0.2, -0.15) is 0 Å². The van der Waals surface area contributed by atoms with Gasteiger partial charge < -0.3 is 0 Å². The van der Waals surface area contributed by atoms with E-state index in [0.717, 1.165) is 10.3 Å². The number of benzene rings is 1. The van der Waals surface area contributed by atoms with Crippen LogP contribution in [0.1, 0.15) is 16.0 Å². The van der Waals surface area contributed by atoms with Crippen LogP contribution >= 0.6 is 27.3 Å². The molecule has 0 unspecified atom stereocenters. The van der Waals surface area contributed by atoms with Crippen molar-refractivity contribution >= 4 is 27.3 Å². The Balaban J connectivity index is 2.28. The van der Waals surface area contributed by atoms with Crippen molar-refractivity contribution in [3.05, 3.63) is 38.1 Å². The zero-order chi connectivity index (χ0) is 9.71. The molecule has 0 radical (unpaired) electrons. The third kappa shape index (κ3) is 1.16. The van der Waals surface area contributed by atoms with Gasteiger partial charge in [-0.15, -0.1) is 11.3 Å². The van der Waals surface area contributed by atoms with Crippen molar-refractivity contribution in [1.82, 2.24) is 4.98 Å². The smallest absolute Gasteiger partial charge is 0.160 e. The topological polar surface area (TPSA) is 12.9 Å². The zero-order valence-corrected chi connectivity index (χ0v) is 10.1. The molecule has 0 fully saturated rings. The monoisotopic (exact) mass is 265 g/mol. The number of fused-ring (bicyclic) bond motifs is 3. The van der Waals surface area contributed by atoms with E-state index in [1.165, 1.54) is 27.3 Å². The summed E-state index contributed by atoms with van der Waals surface area (Å²) in [7, 11) is 0. The number of aryl methyl sites for hydroxylation is 1. The fraction of sp³-hybridized carbons (Fsp3) is 0.182. The molecular weight excluding hydrogens is 258 g/mol. The lowest BCUT2D eigenvalue weighted by atomic mass is 10.1. The molecule has 1 heterocycles. The lowest BCUT2D eigenvalue weighted by Gasteiger charge is -1.99. The van der Waals surface area contributed by atoms with Gasteiger partial charge in [-0.05, 0) is 34.5 Å². The van der Waals surface area contributed by atoms with Crippen LogP contribution in [0.3, 0.4) is 0 Å². The van der Waals surface area contributed by atoms with Crippen molar-refractivity contribution in [3.8, 4) is 11.3 Å². The summed E-state index contributed by atoms with van der Waals surface area (Å²) in [6.45, 7) is 2.12. The lowest BCUT2D eigenvalue weighted by molar-refractivity contribution is 1.30. The van der Waals surface area contributed by atoms with E-state index in [2.05, 4.69) is 46.0 Å². The van der Waals surface area contributed by atoms with Crippen LogP contribution in [0.4, 0.5) is 0 Å². The van der Waals surface area contributed by atoms with Crippen LogP contribution < -0.4 is 0 Å². The van der Waals surface area contributed by atoms with Crippen LogP contribution in [0, 0.1) is 6.92 Å². The molecule has 0 spiro atoms. The van der Waals surface area contributed by atoms with E-state index in [0.29, 0.717) is 0 Å². The van der Waals surface area contributed by atoms with Gasteiger partial charge in [-0.25, -0.2) is 4.98 Å². The molecule has 0 amide bonds. The van der Waals surface area contributed by atoms with Gasteiger partial charge in [0.25, 0.3) is 0 Å². The number of hydrogen-bond acceptors (Lipinski definition) is 2. The highest BCUT2D eigenvalue weighted by molar-refractivity contribution is 9.11. The summed E-state index contributed by atoms with van der Waals surface area (Å²) in [5.41, 5.74) is 5.22. The van der Waals surface area contributed by atoms with Gasteiger partial charge in [0.15, 0.2) is 3.92 Å². The van der Waals surface area contributed by atoms with Gasteiger partial charge in [0, 0.05) is 16.9 Å². The minimum absolute atomic E-state index is 0.995. The molecule has 14 heavy (non-hydrogen) atoms. The fourth-order valence-electron chi connectivity index (χ4n) is 1.89. The molecule has 0 saturated carbocycles. The van der Waals surface area contributed by atoms with Crippen molar-refractivity contribution in [2.45, 2.75) is 13.3 Å². The van der Waals surface area contributed by atoms with E-state index >= 15 is 0 Å². The lowest BCUT2D eigenvalue weighted by Crippen LogP contribution is -1.81. The Morgan fingerprint density at radius 3 is 3.14 bits per heavy atom. The predicted molar refractivity (Wildman–Crippen MR) is 62.8 cm³/mol. The molecule has 0 atom stereocenters. The molecule has 0 bridgehead atoms. The average Bonchev–Trinajstić information content (AvgIpc) is 2.62. The summed E-state index contributed by atoms with van der Waals surface area (Å²) in [5.74, 6) is 0. The van der Waals surface area contributed by atoms with Crippen molar-refractivity contribution < 1.29 is 0 Å². The first-order valence-corrected chi connectivity index (χ1v) is 6.10. The van der Waals surface area contributed by atoms with E-state index in [9.17, 15) is 0 Å². The van der Waals surface area contributed by atoms with Gasteiger partial charge in [-0.1, -0.05) is 17.7 Å². The van der Waals surface area contributed by atoms with Gasteiger partial charge >= 0.3 is 0 Å². The Kier molecular flexibility index (Phi) is 1.79. The maximum atomic E-state index is 4.51. The number of aromatic nitrogens is 1. The Morgan fingerprint density at radius 2 is 2.29 bits per heavy atom. The molecule has 1 aliphatic rings. The van der Waals surface area contributed by atoms with Crippen LogP contribution in [-0.4, -0.2) is 4.98 Å². The van der Waals surface area contributed by atoms with Crippen molar-refractivity contribution in [2.75, 3.05) is 0 Å². The summed E-state index contributed by atoms with van der Waals surface area (Å²) >= 11 is 5.18. The van der Waals surface area contributed by atoms with Crippen LogP contribution in [0.15, 0.2) is 22.1 Å². The molecule has 1 aromatic carbocycles. The molecule has 0 N–H and O–H groups in total. The van der Waals surface area contributed by atoms with Gasteiger partial charge in [0.05, 0.1) is 5.69 Å². The van der Waals surface area contributed by atoms with Crippen LogP contribution in [-0.2, 0) is 6.42 Å². The molecule has 3 rings (SSSR count). The Morgan fingerprint density at radius 1 is 1.43 bits per heavy atom. The van der Waals surface area contributed by atoms with Crippen molar-refractivity contribution in [3.63, 3.8) is 0 Å². The Hall–Kier alpha value is -0.670. The third-order valence-corrected chi connectivity index (χ3v) is 4.05. The standard InChI is InChI=1S/C11H8BrNS/c1-6-2-3-7-5-9-10(8(7)4-6)13-11(12)14-9/h2-4H,5H2,1H3. The van der Waals surface area contributed by atoms with Crippen molar-refractivity contribution in [2.24, 2.45) is 0 Å². The highest BCUT2D eigenvalue weighted by Gasteiger charge is 2.22. The quantitative estimate of drug-likeness (QED) is 0.603. The van der Waals surface area contributed by atoms with Gasteiger partial charge in [-0.3, -0.25) is 0 Å². The van der Waals surface area contributed by atoms with E-state index in [4.69, 9.17) is 0 Å². The second kappa shape index (κ2) is 2.91. The number of rotatable bonds is 0. The fourth-order valence-corrected chi connectivity index (χ4v) is 3.47. The summed E-state index contributed by atoms with van der Waals surface area (Å²) in [6.07, 6.45) is 1.05. The number of hydrogen-bond donors (Lipinski definition) is 0. The van der Waals surface area contributed by atoms with Gasteiger partial charge in [0.1, 0.15) is 0 Å². The highest BCUT2D eigenvalue weighted by Crippen LogP contribution is 2.40. The molecule has 1 aromatic heterocycles. The maximum absolute atomic E-state index is 4.51. The molecule has 0 aliphatic heterocycles. The molecule has 1 aliphatic carbocycles. The van der Waals surface area contributed by atoms with Crippen LogP contribution in [0.25, 0.3) is 11.3 Å². The van der Waals surface area contributed by atoms with Crippen LogP contribution in [0.2, 0.25) is 0 Å². The zero-order valence-electron chi connectivity index (χ0n) is 7.67. The predicted octanol–water partition coefficient (Wildman–Crippen LogP) is 3.79. The third-order valence-electron chi connectivity index (χ3n) is 2.54. The number of nitrogens with zero attached hydrogens (tertiary/aromatic N) is 1. The molecule has 3 heteroatoms. The normalized spacial score (nSPS) is 12.7. The minimum atomic E-state index is 0.995. The molecule has 0 saturated heterocycles. The summed E-state index contributed by atoms with van der Waals surface area (Å²) in [6, 6.07) is 6.62. The molecule has 2 aromatic rings. The molecular formula is C11H8BrNS. The second-order valence-electron chi connectivity index (χ2n) is 3.58. The summed E-state index contributed by atoms with van der Waals surface area (Å²) in [4.78, 5) is 5.90. The summed E-state index contributed by atoms with van der Waals surface area (Å²) < 4.78 is 0.995. The largest absolute Gasteiger partial charge is 0.229 e. The Labute approximate surface area is 94.9 Å². The SMILES string of the molecule is Cc1ccc2c(c1)-c1nc(Br)sc1C2. The van der Waals surface area contributed by atoms with Crippen LogP contribution in [0.5, 0.6) is 0 Å². The summed E-state index contributed by atoms with van der Waals surface area (Å²) in [5, 5.41) is 0. The minimum Gasteiger partial charge on any atom is -0.229 e. The number of thiazole rings is 1. The first-order chi connectivity index (χ1) is 6.74. The Bertz CT molecular complexity index is 516. The molecule has 1 nitrogen and oxygen atoms in total. The van der Waals surface area contributed by atoms with Gasteiger partial charge in [0.2, 0.25) is 0 Å². The molecule has 70 valence electrons. The maximum Gasteiger partial charge on any atom is 0.160 e. The first kappa shape index (κ1) is 8.62. The van der Waals surface area contributed by atoms with Crippen molar-refractivity contribution in [1.29, 1.82) is 0 Å². The highest BCUT2D eigenvalue weighted by atomic mass is 79.9. The van der Waals surface area contributed by atoms with E-state index in [1.54, 1.807) is 11.3 Å².